The highest BCUT2D eigenvalue weighted by molar-refractivity contribution is 6.30. The summed E-state index contributed by atoms with van der Waals surface area (Å²) in [7, 11) is 0. The van der Waals surface area contributed by atoms with E-state index < -0.39 is 6.61 Å². The first kappa shape index (κ1) is 17.4. The minimum atomic E-state index is -2.82. The Bertz CT molecular complexity index is 435. The van der Waals surface area contributed by atoms with Crippen LogP contribution in [0.2, 0.25) is 5.02 Å². The van der Waals surface area contributed by atoms with Gasteiger partial charge in [-0.25, -0.2) is 0 Å². The number of halogens is 4. The first-order valence-electron chi connectivity index (χ1n) is 6.23. The molecule has 0 spiro atoms. The second-order valence-corrected chi connectivity index (χ2v) is 5.16. The number of hydrogen-bond acceptors (Lipinski definition) is 3. The van der Waals surface area contributed by atoms with E-state index in [1.807, 2.05) is 0 Å². The molecule has 1 aliphatic rings. The molecule has 20 heavy (non-hydrogen) atoms. The van der Waals surface area contributed by atoms with Gasteiger partial charge in [0.2, 0.25) is 0 Å². The van der Waals surface area contributed by atoms with Crippen LogP contribution in [0.15, 0.2) is 18.2 Å². The van der Waals surface area contributed by atoms with Crippen molar-refractivity contribution in [1.29, 1.82) is 0 Å². The van der Waals surface area contributed by atoms with Gasteiger partial charge in [-0.2, -0.15) is 8.78 Å². The Balaban J connectivity index is 0.00000200. The first-order chi connectivity index (χ1) is 9.04. The smallest absolute Gasteiger partial charge is 0.387 e. The Hall–Kier alpha value is -0.620. The number of rotatable bonds is 4. The van der Waals surface area contributed by atoms with Gasteiger partial charge < -0.3 is 10.1 Å². The Morgan fingerprint density at radius 3 is 2.90 bits per heavy atom. The molecule has 0 unspecified atom stereocenters. The molecule has 2 rings (SSSR count). The third-order valence-corrected chi connectivity index (χ3v) is 3.32. The van der Waals surface area contributed by atoms with E-state index >= 15 is 0 Å². The summed E-state index contributed by atoms with van der Waals surface area (Å²) in [6, 6.07) is 5.14. The maximum Gasteiger partial charge on any atom is 0.387 e. The van der Waals surface area contributed by atoms with Crippen molar-refractivity contribution >= 4 is 24.0 Å². The number of nitrogens with one attached hydrogen (secondary N) is 1. The monoisotopic (exact) mass is 326 g/mol. The molecule has 1 N–H and O–H groups in total. The molecule has 7 heteroatoms. The number of piperazine rings is 1. The average Bonchev–Trinajstić information content (AvgIpc) is 2.32. The van der Waals surface area contributed by atoms with Crippen LogP contribution in [0.5, 0.6) is 5.75 Å². The van der Waals surface area contributed by atoms with Gasteiger partial charge in [0.25, 0.3) is 0 Å². The molecule has 0 saturated carbocycles. The molecule has 1 fully saturated rings. The zero-order valence-corrected chi connectivity index (χ0v) is 12.7. The van der Waals surface area contributed by atoms with Gasteiger partial charge in [0.05, 0.1) is 0 Å². The third-order valence-electron chi connectivity index (χ3n) is 3.09. The van der Waals surface area contributed by atoms with Crippen molar-refractivity contribution in [3.8, 4) is 5.75 Å². The molecule has 1 heterocycles. The second kappa shape index (κ2) is 7.98. The molecule has 1 atom stereocenters. The largest absolute Gasteiger partial charge is 0.434 e. The third kappa shape index (κ3) is 5.05. The molecule has 0 radical (unpaired) electrons. The highest BCUT2D eigenvalue weighted by Gasteiger charge is 2.18. The molecule has 3 nitrogen and oxygen atoms in total. The fourth-order valence-electron chi connectivity index (χ4n) is 2.28. The van der Waals surface area contributed by atoms with Crippen molar-refractivity contribution in [3.63, 3.8) is 0 Å². The van der Waals surface area contributed by atoms with Crippen molar-refractivity contribution < 1.29 is 13.5 Å². The summed E-state index contributed by atoms with van der Waals surface area (Å²) in [6.45, 7) is 2.50. The number of benzene rings is 1. The number of nitrogens with zero attached hydrogens (tertiary/aromatic N) is 1. The Kier molecular flexibility index (Phi) is 6.95. The zero-order chi connectivity index (χ0) is 13.8. The molecule has 1 saturated heterocycles. The van der Waals surface area contributed by atoms with Crippen LogP contribution in [-0.4, -0.2) is 37.2 Å². The standard InChI is InChI=1S/C13H17ClF2N2O.ClH/c1-9-7-18(5-4-17-9)8-10-6-11(14)2-3-12(10)19-13(15)16;/h2-3,6,9,13,17H,4-5,7-8H2,1H3;1H/t9-;/m1./s1. The predicted octanol–water partition coefficient (Wildman–Crippen LogP) is 3.16. The summed E-state index contributed by atoms with van der Waals surface area (Å²) in [6.07, 6.45) is 0. The van der Waals surface area contributed by atoms with Crippen LogP contribution in [0.3, 0.4) is 0 Å². The second-order valence-electron chi connectivity index (χ2n) is 4.72. The molecule has 0 aromatic heterocycles. The average molecular weight is 327 g/mol. The molecular weight excluding hydrogens is 309 g/mol. The number of ether oxygens (including phenoxy) is 1. The minimum absolute atomic E-state index is 0. The molecule has 1 aromatic rings. The van der Waals surface area contributed by atoms with Gasteiger partial charge in [-0.15, -0.1) is 12.4 Å². The molecule has 0 bridgehead atoms. The van der Waals surface area contributed by atoms with E-state index in [2.05, 4.69) is 21.9 Å². The van der Waals surface area contributed by atoms with Crippen LogP contribution in [-0.2, 0) is 6.54 Å². The Labute approximate surface area is 128 Å². The molecule has 114 valence electrons. The van der Waals surface area contributed by atoms with Gasteiger partial charge >= 0.3 is 6.61 Å². The van der Waals surface area contributed by atoms with Crippen LogP contribution < -0.4 is 10.1 Å². The van der Waals surface area contributed by atoms with Crippen molar-refractivity contribution in [2.45, 2.75) is 26.1 Å². The lowest BCUT2D eigenvalue weighted by molar-refractivity contribution is -0.0508. The Morgan fingerprint density at radius 1 is 1.50 bits per heavy atom. The predicted molar refractivity (Wildman–Crippen MR) is 78.1 cm³/mol. The lowest BCUT2D eigenvalue weighted by Crippen LogP contribution is -2.48. The summed E-state index contributed by atoms with van der Waals surface area (Å²) in [5.74, 6) is 0.200. The van der Waals surface area contributed by atoms with Crippen molar-refractivity contribution in [3.05, 3.63) is 28.8 Å². The maximum atomic E-state index is 12.4. The molecule has 1 aromatic carbocycles. The number of hydrogen-bond donors (Lipinski definition) is 1. The van der Waals surface area contributed by atoms with Gasteiger partial charge in [0.15, 0.2) is 0 Å². The summed E-state index contributed by atoms with van der Waals surface area (Å²) in [4.78, 5) is 2.20. The van der Waals surface area contributed by atoms with E-state index in [1.165, 1.54) is 6.07 Å². The molecule has 0 amide bonds. The fraction of sp³-hybridized carbons (Fsp3) is 0.538. The van der Waals surface area contributed by atoms with E-state index in [9.17, 15) is 8.78 Å². The van der Waals surface area contributed by atoms with Gasteiger partial charge in [0.1, 0.15) is 5.75 Å². The highest BCUT2D eigenvalue weighted by atomic mass is 35.5. The van der Waals surface area contributed by atoms with Crippen LogP contribution in [0, 0.1) is 0 Å². The first-order valence-corrected chi connectivity index (χ1v) is 6.61. The topological polar surface area (TPSA) is 24.5 Å². The van der Waals surface area contributed by atoms with Crippen LogP contribution in [0.25, 0.3) is 0 Å². The van der Waals surface area contributed by atoms with Gasteiger partial charge in [-0.3, -0.25) is 4.90 Å². The minimum Gasteiger partial charge on any atom is -0.434 e. The summed E-state index contributed by atoms with van der Waals surface area (Å²) in [5, 5.41) is 3.86. The molecule has 0 aliphatic carbocycles. The summed E-state index contributed by atoms with van der Waals surface area (Å²) in [5.41, 5.74) is 0.696. The van der Waals surface area contributed by atoms with Crippen molar-refractivity contribution in [2.75, 3.05) is 19.6 Å². The summed E-state index contributed by atoms with van der Waals surface area (Å²) >= 11 is 5.93. The van der Waals surface area contributed by atoms with Crippen molar-refractivity contribution in [2.24, 2.45) is 0 Å². The lowest BCUT2D eigenvalue weighted by atomic mass is 10.1. The van der Waals surface area contributed by atoms with Crippen LogP contribution in [0.1, 0.15) is 12.5 Å². The van der Waals surface area contributed by atoms with E-state index in [0.29, 0.717) is 23.2 Å². The maximum absolute atomic E-state index is 12.4. The van der Waals surface area contributed by atoms with Crippen LogP contribution >= 0.6 is 24.0 Å². The summed E-state index contributed by atoms with van der Waals surface area (Å²) < 4.78 is 29.3. The van der Waals surface area contributed by atoms with E-state index in [4.69, 9.17) is 11.6 Å². The van der Waals surface area contributed by atoms with E-state index in [0.717, 1.165) is 19.6 Å². The van der Waals surface area contributed by atoms with E-state index in [-0.39, 0.29) is 18.2 Å². The number of alkyl halides is 2. The quantitative estimate of drug-likeness (QED) is 0.919. The van der Waals surface area contributed by atoms with Gasteiger partial charge in [-0.1, -0.05) is 11.6 Å². The van der Waals surface area contributed by atoms with Crippen molar-refractivity contribution in [1.82, 2.24) is 10.2 Å². The van der Waals surface area contributed by atoms with Crippen LogP contribution in [0.4, 0.5) is 8.78 Å². The normalized spacial score (nSPS) is 19.8. The highest BCUT2D eigenvalue weighted by Crippen LogP contribution is 2.26. The Morgan fingerprint density at radius 2 is 2.25 bits per heavy atom. The molecular formula is C13H18Cl2F2N2O. The van der Waals surface area contributed by atoms with E-state index in [1.54, 1.807) is 12.1 Å². The fourth-order valence-corrected chi connectivity index (χ4v) is 2.47. The molecule has 1 aliphatic heterocycles. The van der Waals surface area contributed by atoms with Gasteiger partial charge in [0, 0.05) is 42.8 Å². The SMILES string of the molecule is C[C@@H]1CN(Cc2cc(Cl)ccc2OC(F)F)CCN1.Cl. The lowest BCUT2D eigenvalue weighted by Gasteiger charge is -2.32. The van der Waals surface area contributed by atoms with Gasteiger partial charge in [-0.05, 0) is 25.1 Å². The zero-order valence-electron chi connectivity index (χ0n) is 11.1.